The van der Waals surface area contributed by atoms with Crippen LogP contribution < -0.4 is 5.32 Å². The minimum Gasteiger partial charge on any atom is -0.378 e. The Morgan fingerprint density at radius 2 is 2.00 bits per heavy atom. The highest BCUT2D eigenvalue weighted by atomic mass is 19.1. The standard InChI is InChI=1S/C12H14FN3/c1-8-5-10(6-9(2)12(8)13)16-7-11-14-3-4-15-11/h3-6,16H,7H2,1-2H3,(H,14,15). The Labute approximate surface area is 93.7 Å². The second-order valence-corrected chi connectivity index (χ2v) is 3.81. The fourth-order valence-corrected chi connectivity index (χ4v) is 1.63. The Hall–Kier alpha value is -1.84. The number of aromatic amines is 1. The van der Waals surface area contributed by atoms with Crippen molar-refractivity contribution in [2.45, 2.75) is 20.4 Å². The van der Waals surface area contributed by atoms with Gasteiger partial charge in [0.2, 0.25) is 0 Å². The number of H-pyrrole nitrogens is 1. The number of anilines is 1. The number of aromatic nitrogens is 2. The maximum atomic E-state index is 13.4. The zero-order chi connectivity index (χ0) is 11.5. The first-order chi connectivity index (χ1) is 7.66. The van der Waals surface area contributed by atoms with E-state index in [9.17, 15) is 4.39 Å². The van der Waals surface area contributed by atoms with Gasteiger partial charge in [0.25, 0.3) is 0 Å². The van der Waals surface area contributed by atoms with Crippen LogP contribution in [-0.2, 0) is 6.54 Å². The van der Waals surface area contributed by atoms with Gasteiger partial charge in [0.1, 0.15) is 11.6 Å². The van der Waals surface area contributed by atoms with Crippen LogP contribution >= 0.6 is 0 Å². The number of imidazole rings is 1. The molecule has 1 heterocycles. The summed E-state index contributed by atoms with van der Waals surface area (Å²) in [7, 11) is 0. The van der Waals surface area contributed by atoms with Gasteiger partial charge in [-0.3, -0.25) is 0 Å². The van der Waals surface area contributed by atoms with Crippen LogP contribution in [0.1, 0.15) is 17.0 Å². The van der Waals surface area contributed by atoms with E-state index in [0.717, 1.165) is 11.5 Å². The Balaban J connectivity index is 2.10. The highest BCUT2D eigenvalue weighted by Gasteiger charge is 2.04. The number of benzene rings is 1. The summed E-state index contributed by atoms with van der Waals surface area (Å²) in [6.45, 7) is 4.14. The molecule has 0 aliphatic carbocycles. The highest BCUT2D eigenvalue weighted by Crippen LogP contribution is 2.18. The summed E-state index contributed by atoms with van der Waals surface area (Å²) in [5.41, 5.74) is 2.22. The summed E-state index contributed by atoms with van der Waals surface area (Å²) < 4.78 is 13.4. The molecule has 3 nitrogen and oxygen atoms in total. The molecule has 0 aliphatic rings. The van der Waals surface area contributed by atoms with Crippen LogP contribution in [0.5, 0.6) is 0 Å². The quantitative estimate of drug-likeness (QED) is 0.833. The van der Waals surface area contributed by atoms with Gasteiger partial charge in [0.15, 0.2) is 0 Å². The van der Waals surface area contributed by atoms with Crippen LogP contribution in [0.4, 0.5) is 10.1 Å². The topological polar surface area (TPSA) is 40.7 Å². The van der Waals surface area contributed by atoms with Gasteiger partial charge in [-0.25, -0.2) is 9.37 Å². The van der Waals surface area contributed by atoms with Gasteiger partial charge in [0, 0.05) is 18.1 Å². The molecule has 1 aromatic carbocycles. The van der Waals surface area contributed by atoms with Crippen molar-refractivity contribution in [1.82, 2.24) is 9.97 Å². The molecule has 0 saturated carbocycles. The fourth-order valence-electron chi connectivity index (χ4n) is 1.63. The maximum absolute atomic E-state index is 13.4. The Kier molecular flexibility index (Phi) is 2.90. The van der Waals surface area contributed by atoms with E-state index in [2.05, 4.69) is 15.3 Å². The number of halogens is 1. The molecule has 0 amide bonds. The predicted molar refractivity (Wildman–Crippen MR) is 61.8 cm³/mol. The lowest BCUT2D eigenvalue weighted by Gasteiger charge is -2.08. The van der Waals surface area contributed by atoms with Crippen molar-refractivity contribution in [2.75, 3.05) is 5.32 Å². The van der Waals surface area contributed by atoms with Crippen LogP contribution in [0.2, 0.25) is 0 Å². The van der Waals surface area contributed by atoms with Crippen LogP contribution in [0, 0.1) is 19.7 Å². The molecule has 0 atom stereocenters. The van der Waals surface area contributed by atoms with Gasteiger partial charge in [-0.1, -0.05) is 0 Å². The Morgan fingerprint density at radius 1 is 1.31 bits per heavy atom. The zero-order valence-corrected chi connectivity index (χ0v) is 9.34. The summed E-state index contributed by atoms with van der Waals surface area (Å²) in [6, 6.07) is 3.59. The molecule has 4 heteroatoms. The van der Waals surface area contributed by atoms with Crippen molar-refractivity contribution in [3.8, 4) is 0 Å². The van der Waals surface area contributed by atoms with Gasteiger partial charge < -0.3 is 10.3 Å². The molecular weight excluding hydrogens is 205 g/mol. The number of hydrogen-bond acceptors (Lipinski definition) is 2. The van der Waals surface area contributed by atoms with Crippen molar-refractivity contribution in [2.24, 2.45) is 0 Å². The lowest BCUT2D eigenvalue weighted by atomic mass is 10.1. The van der Waals surface area contributed by atoms with E-state index in [1.807, 2.05) is 0 Å². The van der Waals surface area contributed by atoms with E-state index < -0.39 is 0 Å². The third-order valence-corrected chi connectivity index (χ3v) is 2.45. The molecule has 0 aliphatic heterocycles. The zero-order valence-electron chi connectivity index (χ0n) is 9.34. The van der Waals surface area contributed by atoms with E-state index in [1.54, 1.807) is 38.4 Å². The van der Waals surface area contributed by atoms with Crippen LogP contribution in [0.3, 0.4) is 0 Å². The van der Waals surface area contributed by atoms with Crippen molar-refractivity contribution in [3.63, 3.8) is 0 Å². The van der Waals surface area contributed by atoms with Gasteiger partial charge in [0.05, 0.1) is 6.54 Å². The van der Waals surface area contributed by atoms with E-state index in [-0.39, 0.29) is 5.82 Å². The molecule has 2 N–H and O–H groups in total. The van der Waals surface area contributed by atoms with E-state index in [1.165, 1.54) is 0 Å². The molecule has 0 saturated heterocycles. The number of nitrogens with zero attached hydrogens (tertiary/aromatic N) is 1. The van der Waals surface area contributed by atoms with Crippen molar-refractivity contribution >= 4 is 5.69 Å². The SMILES string of the molecule is Cc1cc(NCc2ncc[nH]2)cc(C)c1F. The van der Waals surface area contributed by atoms with Crippen LogP contribution in [0.25, 0.3) is 0 Å². The van der Waals surface area contributed by atoms with E-state index in [4.69, 9.17) is 0 Å². The average Bonchev–Trinajstić information content (AvgIpc) is 2.75. The molecule has 0 radical (unpaired) electrons. The molecule has 16 heavy (non-hydrogen) atoms. The highest BCUT2D eigenvalue weighted by molar-refractivity contribution is 5.49. The van der Waals surface area contributed by atoms with Gasteiger partial charge in [-0.05, 0) is 37.1 Å². The molecule has 0 bridgehead atoms. The molecule has 0 unspecified atom stereocenters. The summed E-state index contributed by atoms with van der Waals surface area (Å²) in [4.78, 5) is 7.10. The molecule has 2 aromatic rings. The first-order valence-corrected chi connectivity index (χ1v) is 5.15. The Morgan fingerprint density at radius 3 is 2.56 bits per heavy atom. The summed E-state index contributed by atoms with van der Waals surface area (Å²) in [6.07, 6.45) is 3.48. The third kappa shape index (κ3) is 2.21. The van der Waals surface area contributed by atoms with Gasteiger partial charge >= 0.3 is 0 Å². The Bertz CT molecular complexity index is 454. The van der Waals surface area contributed by atoms with Crippen molar-refractivity contribution in [1.29, 1.82) is 0 Å². The fraction of sp³-hybridized carbons (Fsp3) is 0.250. The smallest absolute Gasteiger partial charge is 0.129 e. The van der Waals surface area contributed by atoms with E-state index in [0.29, 0.717) is 17.7 Å². The molecular formula is C12H14FN3. The van der Waals surface area contributed by atoms with E-state index >= 15 is 0 Å². The number of aryl methyl sites for hydroxylation is 2. The normalized spacial score (nSPS) is 10.4. The van der Waals surface area contributed by atoms with Crippen molar-refractivity contribution < 1.29 is 4.39 Å². The first kappa shape index (κ1) is 10.7. The minimum absolute atomic E-state index is 0.136. The third-order valence-electron chi connectivity index (χ3n) is 2.45. The lowest BCUT2D eigenvalue weighted by Crippen LogP contribution is -2.02. The molecule has 0 fully saturated rings. The number of hydrogen-bond donors (Lipinski definition) is 2. The monoisotopic (exact) mass is 219 g/mol. The first-order valence-electron chi connectivity index (χ1n) is 5.15. The minimum atomic E-state index is -0.136. The average molecular weight is 219 g/mol. The second kappa shape index (κ2) is 4.35. The summed E-state index contributed by atoms with van der Waals surface area (Å²) in [5, 5.41) is 3.20. The summed E-state index contributed by atoms with van der Waals surface area (Å²) >= 11 is 0. The summed E-state index contributed by atoms with van der Waals surface area (Å²) in [5.74, 6) is 0.725. The van der Waals surface area contributed by atoms with Gasteiger partial charge in [-0.15, -0.1) is 0 Å². The number of nitrogens with one attached hydrogen (secondary N) is 2. The maximum Gasteiger partial charge on any atom is 0.129 e. The molecule has 2 rings (SSSR count). The molecule has 1 aromatic heterocycles. The van der Waals surface area contributed by atoms with Crippen LogP contribution in [-0.4, -0.2) is 9.97 Å². The molecule has 0 spiro atoms. The molecule has 84 valence electrons. The van der Waals surface area contributed by atoms with Crippen LogP contribution in [0.15, 0.2) is 24.5 Å². The largest absolute Gasteiger partial charge is 0.378 e. The predicted octanol–water partition coefficient (Wildman–Crippen LogP) is 2.78. The number of rotatable bonds is 3. The van der Waals surface area contributed by atoms with Gasteiger partial charge in [-0.2, -0.15) is 0 Å². The van der Waals surface area contributed by atoms with Crippen molar-refractivity contribution in [3.05, 3.63) is 47.3 Å². The lowest BCUT2D eigenvalue weighted by molar-refractivity contribution is 0.609. The second-order valence-electron chi connectivity index (χ2n) is 3.81.